The van der Waals surface area contributed by atoms with Crippen LogP contribution in [0.1, 0.15) is 19.0 Å². The maximum Gasteiger partial charge on any atom is 0.245 e. The minimum atomic E-state index is 0.183. The van der Waals surface area contributed by atoms with Gasteiger partial charge in [0.05, 0.1) is 0 Å². The van der Waals surface area contributed by atoms with Crippen LogP contribution in [-0.2, 0) is 0 Å². The van der Waals surface area contributed by atoms with Gasteiger partial charge in [-0.1, -0.05) is 13.0 Å². The minimum absolute atomic E-state index is 0.183. The van der Waals surface area contributed by atoms with Crippen molar-refractivity contribution in [3.05, 3.63) is 23.9 Å². The smallest absolute Gasteiger partial charge is 0.245 e. The number of aryl methyl sites for hydroxylation is 1. The molecule has 6 heteroatoms. The summed E-state index contributed by atoms with van der Waals surface area (Å²) >= 11 is 0. The number of hydrogen-bond donors (Lipinski definition) is 2. The zero-order valence-corrected chi connectivity index (χ0v) is 11.9. The molecule has 0 aliphatic carbocycles. The van der Waals surface area contributed by atoms with E-state index in [0.29, 0.717) is 17.7 Å². The van der Waals surface area contributed by atoms with E-state index in [1.165, 1.54) is 0 Å². The molecule has 3 rings (SSSR count). The second-order valence-corrected chi connectivity index (χ2v) is 5.52. The molecule has 2 aromatic rings. The Balaban J connectivity index is 1.80. The third-order valence-electron chi connectivity index (χ3n) is 3.90. The number of pyridine rings is 1. The molecule has 2 atom stereocenters. The molecule has 3 N–H and O–H groups in total. The summed E-state index contributed by atoms with van der Waals surface area (Å²) in [5.74, 6) is 1.98. The lowest BCUT2D eigenvalue weighted by atomic mass is 9.95. The van der Waals surface area contributed by atoms with Crippen LogP contribution in [0.3, 0.4) is 0 Å². The highest BCUT2D eigenvalue weighted by Gasteiger charge is 2.25. The van der Waals surface area contributed by atoms with Crippen molar-refractivity contribution < 1.29 is 0 Å². The summed E-state index contributed by atoms with van der Waals surface area (Å²) in [7, 11) is 0. The van der Waals surface area contributed by atoms with Crippen molar-refractivity contribution in [3.8, 4) is 11.5 Å². The topological polar surface area (TPSA) is 83.7 Å². The predicted molar refractivity (Wildman–Crippen MR) is 78.3 cm³/mol. The second kappa shape index (κ2) is 5.20. The van der Waals surface area contributed by atoms with Crippen molar-refractivity contribution in [2.24, 2.45) is 11.7 Å². The van der Waals surface area contributed by atoms with E-state index < -0.39 is 0 Å². The second-order valence-electron chi connectivity index (χ2n) is 5.52. The van der Waals surface area contributed by atoms with Crippen LogP contribution in [0, 0.1) is 12.8 Å². The van der Waals surface area contributed by atoms with Crippen molar-refractivity contribution in [3.63, 3.8) is 0 Å². The molecule has 0 aromatic carbocycles. The Hall–Kier alpha value is -1.95. The summed E-state index contributed by atoms with van der Waals surface area (Å²) in [6, 6.07) is 6.05. The third kappa shape index (κ3) is 2.51. The molecule has 20 heavy (non-hydrogen) atoms. The van der Waals surface area contributed by atoms with Crippen LogP contribution < -0.4 is 10.6 Å². The standard InChI is InChI=1S/C14H20N6/c1-9-6-7-20(8-11(9)15)14-17-13(18-19-14)12-5-3-4-10(2)16-12/h3-5,9,11H,6-8,15H2,1-2H3,(H,17,18,19). The highest BCUT2D eigenvalue weighted by molar-refractivity contribution is 5.51. The Morgan fingerprint density at radius 2 is 2.20 bits per heavy atom. The van der Waals surface area contributed by atoms with E-state index >= 15 is 0 Å². The Bertz CT molecular complexity index is 593. The Morgan fingerprint density at radius 1 is 1.35 bits per heavy atom. The molecule has 2 unspecified atom stereocenters. The third-order valence-corrected chi connectivity index (χ3v) is 3.90. The molecule has 0 saturated carbocycles. The van der Waals surface area contributed by atoms with Crippen LogP contribution in [-0.4, -0.2) is 39.3 Å². The summed E-state index contributed by atoms with van der Waals surface area (Å²) in [5, 5.41) is 7.27. The number of nitrogens with zero attached hydrogens (tertiary/aromatic N) is 4. The van der Waals surface area contributed by atoms with Gasteiger partial charge in [-0.15, -0.1) is 5.10 Å². The van der Waals surface area contributed by atoms with E-state index in [0.717, 1.165) is 30.9 Å². The van der Waals surface area contributed by atoms with Gasteiger partial charge in [-0.3, -0.25) is 5.10 Å². The molecule has 0 amide bonds. The average Bonchev–Trinajstić information content (AvgIpc) is 2.92. The fourth-order valence-corrected chi connectivity index (χ4v) is 2.46. The van der Waals surface area contributed by atoms with E-state index in [-0.39, 0.29) is 6.04 Å². The normalized spacial score (nSPS) is 23.1. The fraction of sp³-hybridized carbons (Fsp3) is 0.500. The first-order valence-electron chi connectivity index (χ1n) is 7.00. The first-order valence-corrected chi connectivity index (χ1v) is 7.00. The number of piperidine rings is 1. The number of nitrogens with two attached hydrogens (primary N) is 1. The van der Waals surface area contributed by atoms with Gasteiger partial charge >= 0.3 is 0 Å². The number of nitrogens with one attached hydrogen (secondary N) is 1. The lowest BCUT2D eigenvalue weighted by Gasteiger charge is -2.34. The first-order chi connectivity index (χ1) is 9.63. The van der Waals surface area contributed by atoms with Gasteiger partial charge in [-0.2, -0.15) is 4.98 Å². The summed E-state index contributed by atoms with van der Waals surface area (Å²) < 4.78 is 0. The molecule has 1 saturated heterocycles. The highest BCUT2D eigenvalue weighted by Crippen LogP contribution is 2.21. The van der Waals surface area contributed by atoms with E-state index in [1.54, 1.807) is 0 Å². The Labute approximate surface area is 118 Å². The summed E-state index contributed by atoms with van der Waals surface area (Å²) in [5.41, 5.74) is 7.91. The molecular weight excluding hydrogens is 252 g/mol. The predicted octanol–water partition coefficient (Wildman–Crippen LogP) is 1.35. The monoisotopic (exact) mass is 272 g/mol. The number of aromatic amines is 1. The Morgan fingerprint density at radius 3 is 2.95 bits per heavy atom. The van der Waals surface area contributed by atoms with E-state index in [2.05, 4.69) is 32.0 Å². The van der Waals surface area contributed by atoms with Crippen molar-refractivity contribution in [2.45, 2.75) is 26.3 Å². The zero-order chi connectivity index (χ0) is 14.1. The van der Waals surface area contributed by atoms with Crippen molar-refractivity contribution in [2.75, 3.05) is 18.0 Å². The van der Waals surface area contributed by atoms with E-state index in [4.69, 9.17) is 5.73 Å². The molecule has 3 heterocycles. The van der Waals surface area contributed by atoms with Crippen LogP contribution in [0.25, 0.3) is 11.5 Å². The van der Waals surface area contributed by atoms with Gasteiger partial charge in [-0.25, -0.2) is 4.98 Å². The largest absolute Gasteiger partial charge is 0.338 e. The average molecular weight is 272 g/mol. The lowest BCUT2D eigenvalue weighted by molar-refractivity contribution is 0.376. The molecule has 6 nitrogen and oxygen atoms in total. The first kappa shape index (κ1) is 13.1. The molecule has 0 radical (unpaired) electrons. The van der Waals surface area contributed by atoms with Crippen LogP contribution in [0.5, 0.6) is 0 Å². The molecule has 0 spiro atoms. The minimum Gasteiger partial charge on any atom is -0.338 e. The zero-order valence-electron chi connectivity index (χ0n) is 11.9. The number of H-pyrrole nitrogens is 1. The quantitative estimate of drug-likeness (QED) is 0.862. The van der Waals surface area contributed by atoms with Gasteiger partial charge in [0.1, 0.15) is 5.69 Å². The van der Waals surface area contributed by atoms with Gasteiger partial charge in [0.25, 0.3) is 0 Å². The molecule has 1 aliphatic rings. The van der Waals surface area contributed by atoms with Gasteiger partial charge in [0.15, 0.2) is 5.82 Å². The maximum absolute atomic E-state index is 6.12. The number of hydrogen-bond acceptors (Lipinski definition) is 5. The number of anilines is 1. The fourth-order valence-electron chi connectivity index (χ4n) is 2.46. The van der Waals surface area contributed by atoms with Crippen LogP contribution >= 0.6 is 0 Å². The Kier molecular flexibility index (Phi) is 3.40. The lowest BCUT2D eigenvalue weighted by Crippen LogP contribution is -2.48. The number of rotatable bonds is 2. The number of aromatic nitrogens is 4. The highest BCUT2D eigenvalue weighted by atomic mass is 15.4. The molecule has 2 aromatic heterocycles. The van der Waals surface area contributed by atoms with Crippen molar-refractivity contribution in [1.82, 2.24) is 20.2 Å². The van der Waals surface area contributed by atoms with Gasteiger partial charge in [0.2, 0.25) is 5.95 Å². The molecule has 0 bridgehead atoms. The summed E-state index contributed by atoms with van der Waals surface area (Å²) in [4.78, 5) is 11.1. The van der Waals surface area contributed by atoms with Gasteiger partial charge in [0, 0.05) is 24.8 Å². The molecule has 1 aliphatic heterocycles. The molecule has 106 valence electrons. The van der Waals surface area contributed by atoms with Crippen LogP contribution in [0.4, 0.5) is 5.95 Å². The van der Waals surface area contributed by atoms with Crippen LogP contribution in [0.15, 0.2) is 18.2 Å². The SMILES string of the molecule is Cc1cccc(-c2nc(N3CCC(C)C(N)C3)n[nH]2)n1. The van der Waals surface area contributed by atoms with E-state index in [1.807, 2.05) is 25.1 Å². The summed E-state index contributed by atoms with van der Waals surface area (Å²) in [6.45, 7) is 5.92. The van der Waals surface area contributed by atoms with Crippen LogP contribution in [0.2, 0.25) is 0 Å². The molecule has 1 fully saturated rings. The van der Waals surface area contributed by atoms with Crippen molar-refractivity contribution in [1.29, 1.82) is 0 Å². The summed E-state index contributed by atoms with van der Waals surface area (Å²) in [6.07, 6.45) is 1.08. The van der Waals surface area contributed by atoms with Gasteiger partial charge in [-0.05, 0) is 31.4 Å². The van der Waals surface area contributed by atoms with E-state index in [9.17, 15) is 0 Å². The van der Waals surface area contributed by atoms with Gasteiger partial charge < -0.3 is 10.6 Å². The molecular formula is C14H20N6. The van der Waals surface area contributed by atoms with Crippen molar-refractivity contribution >= 4 is 5.95 Å². The maximum atomic E-state index is 6.12.